The highest BCUT2D eigenvalue weighted by molar-refractivity contribution is 5.69. The van der Waals surface area contributed by atoms with E-state index in [9.17, 15) is 9.18 Å². The van der Waals surface area contributed by atoms with E-state index >= 15 is 0 Å². The Balaban J connectivity index is 2.41. The first-order valence-corrected chi connectivity index (χ1v) is 4.53. The molecule has 1 rings (SSSR count). The summed E-state index contributed by atoms with van der Waals surface area (Å²) >= 11 is 0. The lowest BCUT2D eigenvalue weighted by atomic mass is 9.93. The lowest BCUT2D eigenvalue weighted by molar-refractivity contribution is -0.142. The summed E-state index contributed by atoms with van der Waals surface area (Å²) in [4.78, 5) is 13.0. The molecule has 2 unspecified atom stereocenters. The molecule has 0 bridgehead atoms. The minimum Gasteiger partial charge on any atom is -0.469 e. The van der Waals surface area contributed by atoms with Gasteiger partial charge in [-0.15, -0.1) is 0 Å². The fourth-order valence-corrected chi connectivity index (χ4v) is 1.68. The van der Waals surface area contributed by atoms with Crippen molar-refractivity contribution in [3.8, 4) is 0 Å². The Morgan fingerprint density at radius 1 is 1.69 bits per heavy atom. The monoisotopic (exact) mass is 189 g/mol. The van der Waals surface area contributed by atoms with Crippen LogP contribution in [-0.4, -0.2) is 44.3 Å². The van der Waals surface area contributed by atoms with Crippen molar-refractivity contribution in [2.24, 2.45) is 5.92 Å². The number of rotatable bonds is 2. The van der Waals surface area contributed by atoms with Crippen LogP contribution in [0.3, 0.4) is 0 Å². The minimum atomic E-state index is -0.852. The molecule has 0 aliphatic carbocycles. The van der Waals surface area contributed by atoms with Gasteiger partial charge in [0.25, 0.3) is 0 Å². The highest BCUT2D eigenvalue weighted by Gasteiger charge is 2.29. The molecule has 13 heavy (non-hydrogen) atoms. The third-order valence-electron chi connectivity index (χ3n) is 2.50. The van der Waals surface area contributed by atoms with Gasteiger partial charge in [-0.05, 0) is 13.5 Å². The van der Waals surface area contributed by atoms with Crippen LogP contribution in [-0.2, 0) is 9.53 Å². The smallest absolute Gasteiger partial charge is 0.305 e. The normalized spacial score (nSPS) is 30.1. The van der Waals surface area contributed by atoms with Crippen molar-refractivity contribution < 1.29 is 13.9 Å². The van der Waals surface area contributed by atoms with Gasteiger partial charge in [-0.1, -0.05) is 0 Å². The number of methoxy groups -OCH3 is 1. The molecule has 1 aliphatic heterocycles. The van der Waals surface area contributed by atoms with E-state index in [-0.39, 0.29) is 18.3 Å². The number of likely N-dealkylation sites (tertiary alicyclic amines) is 1. The van der Waals surface area contributed by atoms with Crippen molar-refractivity contribution in [2.75, 3.05) is 27.2 Å². The number of carbonyl (C=O) groups is 1. The SMILES string of the molecule is COC(=O)CC1CN(C)CCC1F. The second-order valence-corrected chi connectivity index (χ2v) is 3.61. The van der Waals surface area contributed by atoms with Gasteiger partial charge in [0, 0.05) is 19.0 Å². The Morgan fingerprint density at radius 2 is 2.38 bits per heavy atom. The van der Waals surface area contributed by atoms with E-state index in [1.54, 1.807) is 0 Å². The summed E-state index contributed by atoms with van der Waals surface area (Å²) in [7, 11) is 3.28. The van der Waals surface area contributed by atoms with Crippen molar-refractivity contribution in [1.82, 2.24) is 4.90 Å². The standard InChI is InChI=1S/C9H16FNO2/c1-11-4-3-8(10)7(6-11)5-9(12)13-2/h7-8H,3-6H2,1-2H3. The van der Waals surface area contributed by atoms with Gasteiger partial charge in [0.05, 0.1) is 13.5 Å². The molecular formula is C9H16FNO2. The summed E-state index contributed by atoms with van der Waals surface area (Å²) in [5.74, 6) is -0.505. The van der Waals surface area contributed by atoms with Gasteiger partial charge in [0.15, 0.2) is 0 Å². The highest BCUT2D eigenvalue weighted by Crippen LogP contribution is 2.22. The van der Waals surface area contributed by atoms with Gasteiger partial charge >= 0.3 is 5.97 Å². The molecule has 2 atom stereocenters. The predicted molar refractivity (Wildman–Crippen MR) is 47.1 cm³/mol. The average Bonchev–Trinajstić information content (AvgIpc) is 2.11. The van der Waals surface area contributed by atoms with Crippen LogP contribution >= 0.6 is 0 Å². The summed E-state index contributed by atoms with van der Waals surface area (Å²) in [5, 5.41) is 0. The largest absolute Gasteiger partial charge is 0.469 e. The first kappa shape index (κ1) is 10.4. The Bertz CT molecular complexity index is 186. The van der Waals surface area contributed by atoms with Crippen LogP contribution in [0.2, 0.25) is 0 Å². The molecule has 4 heteroatoms. The van der Waals surface area contributed by atoms with Crippen LogP contribution in [0.5, 0.6) is 0 Å². The second-order valence-electron chi connectivity index (χ2n) is 3.61. The van der Waals surface area contributed by atoms with Gasteiger partial charge < -0.3 is 9.64 Å². The maximum Gasteiger partial charge on any atom is 0.305 e. The molecule has 0 aromatic carbocycles. The molecule has 0 saturated carbocycles. The van der Waals surface area contributed by atoms with E-state index in [2.05, 4.69) is 4.74 Å². The van der Waals surface area contributed by atoms with E-state index in [1.165, 1.54) is 7.11 Å². The van der Waals surface area contributed by atoms with Crippen LogP contribution in [0.15, 0.2) is 0 Å². The third-order valence-corrected chi connectivity index (χ3v) is 2.50. The fourth-order valence-electron chi connectivity index (χ4n) is 1.68. The first-order valence-electron chi connectivity index (χ1n) is 4.53. The van der Waals surface area contributed by atoms with E-state index in [0.29, 0.717) is 13.0 Å². The summed E-state index contributed by atoms with van der Waals surface area (Å²) < 4.78 is 17.8. The zero-order valence-electron chi connectivity index (χ0n) is 8.12. The molecule has 0 radical (unpaired) electrons. The maximum absolute atomic E-state index is 13.3. The third kappa shape index (κ3) is 2.95. The molecule has 0 aromatic heterocycles. The van der Waals surface area contributed by atoms with Crippen molar-refractivity contribution in [3.63, 3.8) is 0 Å². The molecule has 1 aliphatic rings. The van der Waals surface area contributed by atoms with Gasteiger partial charge in [-0.3, -0.25) is 4.79 Å². The zero-order valence-corrected chi connectivity index (χ0v) is 8.12. The number of ether oxygens (including phenoxy) is 1. The summed E-state index contributed by atoms with van der Waals surface area (Å²) in [6.07, 6.45) is -0.129. The van der Waals surface area contributed by atoms with Crippen LogP contribution in [0.25, 0.3) is 0 Å². The summed E-state index contributed by atoms with van der Waals surface area (Å²) in [5.41, 5.74) is 0. The number of nitrogens with zero attached hydrogens (tertiary/aromatic N) is 1. The molecule has 1 fully saturated rings. The van der Waals surface area contributed by atoms with Crippen molar-refractivity contribution in [2.45, 2.75) is 19.0 Å². The number of hydrogen-bond acceptors (Lipinski definition) is 3. The molecule has 0 aromatic rings. The number of carbonyl (C=O) groups excluding carboxylic acids is 1. The zero-order chi connectivity index (χ0) is 9.84. The lowest BCUT2D eigenvalue weighted by Crippen LogP contribution is -2.40. The topological polar surface area (TPSA) is 29.5 Å². The summed E-state index contributed by atoms with van der Waals surface area (Å²) in [6, 6.07) is 0. The van der Waals surface area contributed by atoms with Crippen LogP contribution in [0.1, 0.15) is 12.8 Å². The highest BCUT2D eigenvalue weighted by atomic mass is 19.1. The molecule has 3 nitrogen and oxygen atoms in total. The van der Waals surface area contributed by atoms with Gasteiger partial charge in [-0.25, -0.2) is 4.39 Å². The molecule has 1 saturated heterocycles. The van der Waals surface area contributed by atoms with Crippen LogP contribution in [0, 0.1) is 5.92 Å². The van der Waals surface area contributed by atoms with Gasteiger partial charge in [-0.2, -0.15) is 0 Å². The van der Waals surface area contributed by atoms with Crippen LogP contribution in [0.4, 0.5) is 4.39 Å². The molecule has 0 amide bonds. The summed E-state index contributed by atoms with van der Waals surface area (Å²) in [6.45, 7) is 1.43. The maximum atomic E-state index is 13.3. The molecule has 0 N–H and O–H groups in total. The second kappa shape index (κ2) is 4.56. The average molecular weight is 189 g/mol. The quantitative estimate of drug-likeness (QED) is 0.603. The fraction of sp³-hybridized carbons (Fsp3) is 0.889. The minimum absolute atomic E-state index is 0.189. The number of halogens is 1. The molecule has 76 valence electrons. The Labute approximate surface area is 77.9 Å². The van der Waals surface area contributed by atoms with E-state index in [1.807, 2.05) is 11.9 Å². The molecular weight excluding hydrogens is 173 g/mol. The number of hydrogen-bond donors (Lipinski definition) is 0. The number of alkyl halides is 1. The number of esters is 1. The first-order chi connectivity index (χ1) is 6.13. The molecule has 0 spiro atoms. The lowest BCUT2D eigenvalue weighted by Gasteiger charge is -2.31. The predicted octanol–water partition coefficient (Wildman–Crippen LogP) is 0.839. The van der Waals surface area contributed by atoms with Gasteiger partial charge in [0.1, 0.15) is 6.17 Å². The van der Waals surface area contributed by atoms with Crippen molar-refractivity contribution >= 4 is 5.97 Å². The Kier molecular flexibility index (Phi) is 3.66. The van der Waals surface area contributed by atoms with E-state index in [0.717, 1.165) is 6.54 Å². The number of piperidine rings is 1. The Morgan fingerprint density at radius 3 is 3.00 bits per heavy atom. The van der Waals surface area contributed by atoms with E-state index < -0.39 is 6.17 Å². The van der Waals surface area contributed by atoms with Crippen LogP contribution < -0.4 is 0 Å². The van der Waals surface area contributed by atoms with Gasteiger partial charge in [0.2, 0.25) is 0 Å². The Hall–Kier alpha value is -0.640. The molecule has 1 heterocycles. The van der Waals surface area contributed by atoms with Crippen molar-refractivity contribution in [3.05, 3.63) is 0 Å². The van der Waals surface area contributed by atoms with E-state index in [4.69, 9.17) is 0 Å². The van der Waals surface area contributed by atoms with Crippen molar-refractivity contribution in [1.29, 1.82) is 0 Å².